The number of rotatable bonds is 6. The molecular formula is C12H16FNO2S. The van der Waals surface area contributed by atoms with Crippen molar-refractivity contribution in [3.8, 4) is 0 Å². The van der Waals surface area contributed by atoms with Gasteiger partial charge in [-0.15, -0.1) is 0 Å². The maximum Gasteiger partial charge on any atom is 0.251 e. The molecule has 0 radical (unpaired) electrons. The number of carbonyl (C=O) groups is 1. The largest absolute Gasteiger partial charge is 0.396 e. The zero-order chi connectivity index (χ0) is 12.7. The van der Waals surface area contributed by atoms with E-state index in [-0.39, 0.29) is 24.4 Å². The van der Waals surface area contributed by atoms with Crippen LogP contribution in [0.2, 0.25) is 0 Å². The highest BCUT2D eigenvalue weighted by atomic mass is 32.2. The molecule has 5 heteroatoms. The van der Waals surface area contributed by atoms with Crippen molar-refractivity contribution in [2.75, 3.05) is 18.6 Å². The van der Waals surface area contributed by atoms with E-state index >= 15 is 0 Å². The predicted molar refractivity (Wildman–Crippen MR) is 67.7 cm³/mol. The number of thioether (sulfide) groups is 1. The minimum atomic E-state index is -0.363. The lowest BCUT2D eigenvalue weighted by Gasteiger charge is -2.16. The molecule has 1 atom stereocenters. The molecule has 0 bridgehead atoms. The Balaban J connectivity index is 2.60. The quantitative estimate of drug-likeness (QED) is 0.815. The Bertz CT molecular complexity index is 350. The van der Waals surface area contributed by atoms with E-state index in [9.17, 15) is 9.18 Å². The molecule has 1 aromatic carbocycles. The minimum Gasteiger partial charge on any atom is -0.396 e. The molecule has 94 valence electrons. The van der Waals surface area contributed by atoms with Gasteiger partial charge in [0, 0.05) is 24.0 Å². The van der Waals surface area contributed by atoms with Gasteiger partial charge in [-0.25, -0.2) is 4.39 Å². The van der Waals surface area contributed by atoms with Crippen molar-refractivity contribution < 1.29 is 14.3 Å². The van der Waals surface area contributed by atoms with Crippen molar-refractivity contribution >= 4 is 17.7 Å². The smallest absolute Gasteiger partial charge is 0.251 e. The molecule has 0 aromatic heterocycles. The summed E-state index contributed by atoms with van der Waals surface area (Å²) in [5, 5.41) is 11.7. The van der Waals surface area contributed by atoms with Gasteiger partial charge in [-0.3, -0.25) is 4.79 Å². The lowest BCUT2D eigenvalue weighted by atomic mass is 10.2. The molecular weight excluding hydrogens is 241 g/mol. The molecule has 1 aromatic rings. The second kappa shape index (κ2) is 7.29. The third-order valence-electron chi connectivity index (χ3n) is 2.29. The number of hydrogen-bond acceptors (Lipinski definition) is 3. The number of carbonyl (C=O) groups excluding carboxylic acids is 1. The summed E-state index contributed by atoms with van der Waals surface area (Å²) in [5.74, 6) is 0.142. The topological polar surface area (TPSA) is 49.3 Å². The summed E-state index contributed by atoms with van der Waals surface area (Å²) in [6, 6.07) is 5.33. The first kappa shape index (κ1) is 14.0. The van der Waals surface area contributed by atoms with Crippen LogP contribution < -0.4 is 5.32 Å². The van der Waals surface area contributed by atoms with E-state index in [2.05, 4.69) is 5.32 Å². The average Bonchev–Trinajstić information content (AvgIpc) is 2.30. The zero-order valence-electron chi connectivity index (χ0n) is 9.65. The fraction of sp³-hybridized carbons (Fsp3) is 0.417. The van der Waals surface area contributed by atoms with Gasteiger partial charge >= 0.3 is 0 Å². The van der Waals surface area contributed by atoms with Gasteiger partial charge in [-0.2, -0.15) is 11.8 Å². The van der Waals surface area contributed by atoms with Crippen molar-refractivity contribution in [3.05, 3.63) is 35.6 Å². The Hall–Kier alpha value is -1.07. The van der Waals surface area contributed by atoms with Crippen molar-refractivity contribution in [2.45, 2.75) is 12.5 Å². The van der Waals surface area contributed by atoms with E-state index in [0.29, 0.717) is 12.0 Å². The van der Waals surface area contributed by atoms with Crippen LogP contribution in [0, 0.1) is 5.82 Å². The number of amides is 1. The van der Waals surface area contributed by atoms with Crippen LogP contribution in [0.15, 0.2) is 24.3 Å². The molecule has 17 heavy (non-hydrogen) atoms. The van der Waals surface area contributed by atoms with Crippen molar-refractivity contribution in [1.29, 1.82) is 0 Å². The predicted octanol–water partition coefficient (Wildman–Crippen LogP) is 1.67. The molecule has 2 N–H and O–H groups in total. The fourth-order valence-electron chi connectivity index (χ4n) is 1.42. The van der Waals surface area contributed by atoms with Crippen LogP contribution in [0.3, 0.4) is 0 Å². The second-order valence-electron chi connectivity index (χ2n) is 3.64. The molecule has 1 amide bonds. The van der Waals surface area contributed by atoms with Gasteiger partial charge in [0.2, 0.25) is 0 Å². The summed E-state index contributed by atoms with van der Waals surface area (Å²) in [6.45, 7) is 0.0366. The first-order valence-electron chi connectivity index (χ1n) is 5.33. The van der Waals surface area contributed by atoms with Gasteiger partial charge in [0.25, 0.3) is 5.91 Å². The van der Waals surface area contributed by atoms with E-state index < -0.39 is 0 Å². The number of hydrogen-bond donors (Lipinski definition) is 2. The molecule has 0 fully saturated rings. The van der Waals surface area contributed by atoms with E-state index in [1.165, 1.54) is 24.3 Å². The van der Waals surface area contributed by atoms with Crippen LogP contribution in [0.1, 0.15) is 16.8 Å². The summed E-state index contributed by atoms with van der Waals surface area (Å²) in [7, 11) is 0. The zero-order valence-corrected chi connectivity index (χ0v) is 10.5. The lowest BCUT2D eigenvalue weighted by Crippen LogP contribution is -2.37. The highest BCUT2D eigenvalue weighted by molar-refractivity contribution is 7.98. The number of aliphatic hydroxyl groups excluding tert-OH is 1. The SMILES string of the molecule is CSCC(CCO)NC(=O)c1ccc(F)cc1. The minimum absolute atomic E-state index is 0.0366. The summed E-state index contributed by atoms with van der Waals surface area (Å²) in [5.41, 5.74) is 0.426. The standard InChI is InChI=1S/C12H16FNO2S/c1-17-8-11(6-7-15)14-12(16)9-2-4-10(13)5-3-9/h2-5,11,15H,6-8H2,1H3,(H,14,16). The molecule has 0 heterocycles. The third-order valence-corrected chi connectivity index (χ3v) is 3.02. The Morgan fingerprint density at radius 3 is 2.65 bits per heavy atom. The number of nitrogens with one attached hydrogen (secondary N) is 1. The number of benzene rings is 1. The van der Waals surface area contributed by atoms with Gasteiger partial charge in [-0.05, 0) is 36.9 Å². The van der Waals surface area contributed by atoms with E-state index in [0.717, 1.165) is 5.75 Å². The van der Waals surface area contributed by atoms with Crippen LogP contribution in [-0.4, -0.2) is 35.7 Å². The Kier molecular flexibility index (Phi) is 6.00. The van der Waals surface area contributed by atoms with Gasteiger partial charge in [0.05, 0.1) is 0 Å². The Labute approximate surface area is 104 Å². The van der Waals surface area contributed by atoms with Crippen LogP contribution in [-0.2, 0) is 0 Å². The third kappa shape index (κ3) is 4.75. The summed E-state index contributed by atoms with van der Waals surface area (Å²) >= 11 is 1.60. The highest BCUT2D eigenvalue weighted by Gasteiger charge is 2.12. The van der Waals surface area contributed by atoms with Gasteiger partial charge < -0.3 is 10.4 Å². The first-order chi connectivity index (χ1) is 8.17. The van der Waals surface area contributed by atoms with Gasteiger partial charge in [-0.1, -0.05) is 0 Å². The van der Waals surface area contributed by atoms with Crippen molar-refractivity contribution in [1.82, 2.24) is 5.32 Å². The van der Waals surface area contributed by atoms with E-state index in [4.69, 9.17) is 5.11 Å². The number of halogens is 1. The molecule has 1 rings (SSSR count). The Morgan fingerprint density at radius 1 is 1.47 bits per heavy atom. The normalized spacial score (nSPS) is 12.2. The monoisotopic (exact) mass is 257 g/mol. The van der Waals surface area contributed by atoms with Crippen LogP contribution in [0.25, 0.3) is 0 Å². The maximum atomic E-state index is 12.7. The molecule has 0 saturated carbocycles. The first-order valence-corrected chi connectivity index (χ1v) is 6.73. The van der Waals surface area contributed by atoms with Crippen LogP contribution >= 0.6 is 11.8 Å². The molecule has 0 aliphatic heterocycles. The molecule has 1 unspecified atom stereocenters. The fourth-order valence-corrected chi connectivity index (χ4v) is 2.08. The van der Waals surface area contributed by atoms with Crippen LogP contribution in [0.4, 0.5) is 4.39 Å². The van der Waals surface area contributed by atoms with E-state index in [1.807, 2.05) is 6.26 Å². The van der Waals surface area contributed by atoms with Crippen LogP contribution in [0.5, 0.6) is 0 Å². The summed E-state index contributed by atoms with van der Waals surface area (Å²) < 4.78 is 12.7. The maximum absolute atomic E-state index is 12.7. The lowest BCUT2D eigenvalue weighted by molar-refractivity contribution is 0.0935. The summed E-state index contributed by atoms with van der Waals surface area (Å²) in [6.07, 6.45) is 2.46. The number of aliphatic hydroxyl groups is 1. The highest BCUT2D eigenvalue weighted by Crippen LogP contribution is 2.06. The molecule has 0 aliphatic rings. The van der Waals surface area contributed by atoms with Crippen molar-refractivity contribution in [3.63, 3.8) is 0 Å². The molecule has 0 aliphatic carbocycles. The molecule has 3 nitrogen and oxygen atoms in total. The average molecular weight is 257 g/mol. The molecule has 0 saturated heterocycles. The van der Waals surface area contributed by atoms with Gasteiger partial charge in [0.1, 0.15) is 5.82 Å². The van der Waals surface area contributed by atoms with E-state index in [1.54, 1.807) is 11.8 Å². The second-order valence-corrected chi connectivity index (χ2v) is 4.56. The Morgan fingerprint density at radius 2 is 2.12 bits per heavy atom. The summed E-state index contributed by atoms with van der Waals surface area (Å²) in [4.78, 5) is 11.8. The van der Waals surface area contributed by atoms with Crippen molar-refractivity contribution in [2.24, 2.45) is 0 Å². The van der Waals surface area contributed by atoms with Gasteiger partial charge in [0.15, 0.2) is 0 Å². The molecule has 0 spiro atoms.